The van der Waals surface area contributed by atoms with E-state index in [0.29, 0.717) is 38.0 Å². The average Bonchev–Trinajstić information content (AvgIpc) is 2.50. The minimum Gasteiger partial charge on any atom is -0.356 e. The lowest BCUT2D eigenvalue weighted by molar-refractivity contribution is -0.126. The molecule has 0 aliphatic carbocycles. The van der Waals surface area contributed by atoms with Crippen LogP contribution in [0.2, 0.25) is 0 Å². The summed E-state index contributed by atoms with van der Waals surface area (Å²) in [6.45, 7) is 5.14. The molecule has 0 unspecified atom stereocenters. The highest BCUT2D eigenvalue weighted by Crippen LogP contribution is 2.21. The van der Waals surface area contributed by atoms with Crippen LogP contribution in [-0.4, -0.2) is 36.3 Å². The van der Waals surface area contributed by atoms with Crippen LogP contribution in [0.5, 0.6) is 0 Å². The van der Waals surface area contributed by atoms with Gasteiger partial charge in [-0.05, 0) is 38.3 Å². The third-order valence-corrected chi connectivity index (χ3v) is 3.93. The molecular formula is C16H21FN2O2. The number of hydrogen-bond donors (Lipinski definition) is 1. The number of piperidine rings is 1. The summed E-state index contributed by atoms with van der Waals surface area (Å²) in [5.41, 5.74) is 0.588. The predicted molar refractivity (Wildman–Crippen MR) is 78.4 cm³/mol. The second-order valence-electron chi connectivity index (χ2n) is 5.40. The normalized spacial score (nSPS) is 15.9. The highest BCUT2D eigenvalue weighted by Gasteiger charge is 2.28. The number of aryl methyl sites for hydroxylation is 1. The molecule has 1 heterocycles. The molecule has 0 bridgehead atoms. The SMILES string of the molecule is CCNC(=O)C1CCN(C(=O)c2cccc(C)c2F)CC1. The molecule has 1 aliphatic heterocycles. The molecule has 1 N–H and O–H groups in total. The molecule has 2 rings (SSSR count). The molecular weight excluding hydrogens is 271 g/mol. The number of rotatable bonds is 3. The van der Waals surface area contributed by atoms with E-state index in [1.165, 1.54) is 6.07 Å². The summed E-state index contributed by atoms with van der Waals surface area (Å²) in [5, 5.41) is 2.81. The van der Waals surface area contributed by atoms with Gasteiger partial charge in [-0.15, -0.1) is 0 Å². The van der Waals surface area contributed by atoms with Gasteiger partial charge in [0, 0.05) is 25.6 Å². The topological polar surface area (TPSA) is 49.4 Å². The Hall–Kier alpha value is -1.91. The number of amides is 2. The van der Waals surface area contributed by atoms with Gasteiger partial charge in [0.1, 0.15) is 5.82 Å². The van der Waals surface area contributed by atoms with Gasteiger partial charge in [0.15, 0.2) is 0 Å². The number of benzene rings is 1. The third kappa shape index (κ3) is 3.40. The molecule has 1 aromatic rings. The van der Waals surface area contributed by atoms with Gasteiger partial charge in [-0.1, -0.05) is 12.1 Å². The Labute approximate surface area is 124 Å². The quantitative estimate of drug-likeness (QED) is 0.927. The van der Waals surface area contributed by atoms with Crippen LogP contribution in [0.4, 0.5) is 4.39 Å². The maximum absolute atomic E-state index is 14.0. The Bertz CT molecular complexity index is 537. The second-order valence-corrected chi connectivity index (χ2v) is 5.40. The molecule has 114 valence electrons. The Balaban J connectivity index is 2.00. The summed E-state index contributed by atoms with van der Waals surface area (Å²) in [6.07, 6.45) is 1.26. The van der Waals surface area contributed by atoms with Crippen LogP contribution < -0.4 is 5.32 Å². The molecule has 1 saturated heterocycles. The van der Waals surface area contributed by atoms with Crippen LogP contribution in [0.3, 0.4) is 0 Å². The van der Waals surface area contributed by atoms with Gasteiger partial charge < -0.3 is 10.2 Å². The van der Waals surface area contributed by atoms with Gasteiger partial charge in [0.2, 0.25) is 5.91 Å². The standard InChI is InChI=1S/C16H21FN2O2/c1-3-18-15(20)12-7-9-19(10-8-12)16(21)13-6-4-5-11(2)14(13)17/h4-6,12H,3,7-10H2,1-2H3,(H,18,20). The van der Waals surface area contributed by atoms with Crippen molar-refractivity contribution < 1.29 is 14.0 Å². The first-order valence-corrected chi connectivity index (χ1v) is 7.36. The molecule has 2 amide bonds. The van der Waals surface area contributed by atoms with Gasteiger partial charge in [-0.25, -0.2) is 4.39 Å². The van der Waals surface area contributed by atoms with E-state index in [1.807, 2.05) is 6.92 Å². The van der Waals surface area contributed by atoms with E-state index in [2.05, 4.69) is 5.32 Å². The number of halogens is 1. The lowest BCUT2D eigenvalue weighted by Crippen LogP contribution is -2.43. The Morgan fingerprint density at radius 2 is 2.00 bits per heavy atom. The summed E-state index contributed by atoms with van der Waals surface area (Å²) >= 11 is 0. The summed E-state index contributed by atoms with van der Waals surface area (Å²) in [4.78, 5) is 25.8. The van der Waals surface area contributed by atoms with Crippen LogP contribution >= 0.6 is 0 Å². The van der Waals surface area contributed by atoms with Crippen LogP contribution in [0.15, 0.2) is 18.2 Å². The summed E-state index contributed by atoms with van der Waals surface area (Å²) in [6, 6.07) is 4.85. The molecule has 0 spiro atoms. The molecule has 1 fully saturated rings. The van der Waals surface area contributed by atoms with Gasteiger partial charge >= 0.3 is 0 Å². The average molecular weight is 292 g/mol. The van der Waals surface area contributed by atoms with Crippen LogP contribution in [0, 0.1) is 18.7 Å². The Morgan fingerprint density at radius 3 is 2.62 bits per heavy atom. The zero-order valence-electron chi connectivity index (χ0n) is 12.5. The van der Waals surface area contributed by atoms with Gasteiger partial charge in [0.05, 0.1) is 5.56 Å². The van der Waals surface area contributed by atoms with Gasteiger partial charge in [-0.3, -0.25) is 9.59 Å². The van der Waals surface area contributed by atoms with E-state index >= 15 is 0 Å². The first kappa shape index (κ1) is 15.5. The van der Waals surface area contributed by atoms with Crippen molar-refractivity contribution >= 4 is 11.8 Å². The van der Waals surface area contributed by atoms with E-state index in [1.54, 1.807) is 24.0 Å². The van der Waals surface area contributed by atoms with Crippen molar-refractivity contribution in [1.82, 2.24) is 10.2 Å². The van der Waals surface area contributed by atoms with Crippen molar-refractivity contribution in [3.63, 3.8) is 0 Å². The smallest absolute Gasteiger partial charge is 0.256 e. The van der Waals surface area contributed by atoms with Crippen LogP contribution in [0.25, 0.3) is 0 Å². The number of likely N-dealkylation sites (tertiary alicyclic amines) is 1. The molecule has 0 aromatic heterocycles. The van der Waals surface area contributed by atoms with Crippen LogP contribution in [0.1, 0.15) is 35.7 Å². The summed E-state index contributed by atoms with van der Waals surface area (Å²) < 4.78 is 14.0. The maximum Gasteiger partial charge on any atom is 0.256 e. The third-order valence-electron chi connectivity index (χ3n) is 3.93. The summed E-state index contributed by atoms with van der Waals surface area (Å²) in [7, 11) is 0. The molecule has 0 saturated carbocycles. The van der Waals surface area contributed by atoms with E-state index in [9.17, 15) is 14.0 Å². The minimum atomic E-state index is -0.451. The van der Waals surface area contributed by atoms with E-state index in [4.69, 9.17) is 0 Å². The number of hydrogen-bond acceptors (Lipinski definition) is 2. The summed E-state index contributed by atoms with van der Waals surface area (Å²) in [5.74, 6) is -0.735. The van der Waals surface area contributed by atoms with E-state index in [-0.39, 0.29) is 23.3 Å². The Morgan fingerprint density at radius 1 is 1.33 bits per heavy atom. The van der Waals surface area contributed by atoms with Crippen molar-refractivity contribution in [3.8, 4) is 0 Å². The van der Waals surface area contributed by atoms with Crippen molar-refractivity contribution in [2.24, 2.45) is 5.92 Å². The first-order chi connectivity index (χ1) is 10.0. The molecule has 5 heteroatoms. The van der Waals surface area contributed by atoms with Crippen molar-refractivity contribution in [1.29, 1.82) is 0 Å². The highest BCUT2D eigenvalue weighted by atomic mass is 19.1. The largest absolute Gasteiger partial charge is 0.356 e. The van der Waals surface area contributed by atoms with Crippen LogP contribution in [-0.2, 0) is 4.79 Å². The fraction of sp³-hybridized carbons (Fsp3) is 0.500. The minimum absolute atomic E-state index is 0.0450. The van der Waals surface area contributed by atoms with E-state index in [0.717, 1.165) is 0 Å². The van der Waals surface area contributed by atoms with Gasteiger partial charge in [0.25, 0.3) is 5.91 Å². The first-order valence-electron chi connectivity index (χ1n) is 7.36. The molecule has 4 nitrogen and oxygen atoms in total. The molecule has 0 atom stereocenters. The van der Waals surface area contributed by atoms with Gasteiger partial charge in [-0.2, -0.15) is 0 Å². The number of nitrogens with zero attached hydrogens (tertiary/aromatic N) is 1. The fourth-order valence-electron chi connectivity index (χ4n) is 2.65. The van der Waals surface area contributed by atoms with E-state index < -0.39 is 5.82 Å². The number of carbonyl (C=O) groups is 2. The maximum atomic E-state index is 14.0. The number of carbonyl (C=O) groups excluding carboxylic acids is 2. The van der Waals surface area contributed by atoms with Crippen molar-refractivity contribution in [2.45, 2.75) is 26.7 Å². The second kappa shape index (κ2) is 6.70. The van der Waals surface area contributed by atoms with Crippen molar-refractivity contribution in [2.75, 3.05) is 19.6 Å². The zero-order valence-corrected chi connectivity index (χ0v) is 12.5. The fourth-order valence-corrected chi connectivity index (χ4v) is 2.65. The molecule has 1 aromatic carbocycles. The monoisotopic (exact) mass is 292 g/mol. The predicted octanol–water partition coefficient (Wildman–Crippen LogP) is 2.12. The van der Waals surface area contributed by atoms with Crippen molar-refractivity contribution in [3.05, 3.63) is 35.1 Å². The lowest BCUT2D eigenvalue weighted by Gasteiger charge is -2.31. The zero-order chi connectivity index (χ0) is 15.4. The lowest BCUT2D eigenvalue weighted by atomic mass is 9.95. The Kier molecular flexibility index (Phi) is 4.94. The molecule has 1 aliphatic rings. The number of nitrogens with one attached hydrogen (secondary N) is 1. The highest BCUT2D eigenvalue weighted by molar-refractivity contribution is 5.95. The molecule has 0 radical (unpaired) electrons. The molecule has 21 heavy (non-hydrogen) atoms.